The van der Waals surface area contributed by atoms with Crippen molar-refractivity contribution in [3.8, 4) is 0 Å². The highest BCUT2D eigenvalue weighted by Crippen LogP contribution is 2.20. The van der Waals surface area contributed by atoms with Crippen molar-refractivity contribution in [1.29, 1.82) is 0 Å². The van der Waals surface area contributed by atoms with Gasteiger partial charge >= 0.3 is 6.18 Å². The quantitative estimate of drug-likeness (QED) is 0.835. The van der Waals surface area contributed by atoms with Crippen molar-refractivity contribution < 1.29 is 13.2 Å². The summed E-state index contributed by atoms with van der Waals surface area (Å²) in [6.07, 6.45) is -2.41. The van der Waals surface area contributed by atoms with Gasteiger partial charge in [0, 0.05) is 13.6 Å². The zero-order chi connectivity index (χ0) is 13.1. The number of alkyl halides is 3. The van der Waals surface area contributed by atoms with Crippen molar-refractivity contribution in [2.24, 2.45) is 5.73 Å². The van der Waals surface area contributed by atoms with E-state index in [2.05, 4.69) is 22.2 Å². The second-order valence-corrected chi connectivity index (χ2v) is 3.85. The number of nitrogens with zero attached hydrogens (tertiary/aromatic N) is 3. The van der Waals surface area contributed by atoms with Crippen LogP contribution in [0.4, 0.5) is 19.0 Å². The van der Waals surface area contributed by atoms with Crippen LogP contribution < -0.4 is 10.6 Å². The van der Waals surface area contributed by atoms with E-state index in [1.165, 1.54) is 24.3 Å². The first-order chi connectivity index (χ1) is 7.79. The Labute approximate surface area is 102 Å². The Morgan fingerprint density at radius 3 is 2.47 bits per heavy atom. The van der Waals surface area contributed by atoms with Crippen LogP contribution >= 0.6 is 12.2 Å². The summed E-state index contributed by atoms with van der Waals surface area (Å²) in [5, 5.41) is 0. The van der Waals surface area contributed by atoms with Gasteiger partial charge < -0.3 is 10.6 Å². The van der Waals surface area contributed by atoms with Gasteiger partial charge in [0.25, 0.3) is 0 Å². The van der Waals surface area contributed by atoms with Crippen LogP contribution in [0.5, 0.6) is 0 Å². The normalized spacial score (nSPS) is 11.3. The van der Waals surface area contributed by atoms with Crippen molar-refractivity contribution in [1.82, 2.24) is 9.97 Å². The first-order valence-corrected chi connectivity index (χ1v) is 5.10. The highest BCUT2D eigenvalue weighted by molar-refractivity contribution is 7.80. The van der Waals surface area contributed by atoms with Crippen LogP contribution in [0.1, 0.15) is 12.1 Å². The number of hydrogen-bond donors (Lipinski definition) is 1. The number of thiocarbonyl (C=S) groups is 1. The SMILES string of the molecule is CN(CCC(F)(F)F)c1cnc(C(N)=S)cn1. The highest BCUT2D eigenvalue weighted by Gasteiger charge is 2.27. The molecule has 0 unspecified atom stereocenters. The Morgan fingerprint density at radius 2 is 2.06 bits per heavy atom. The summed E-state index contributed by atoms with van der Waals surface area (Å²) in [6, 6.07) is 0. The van der Waals surface area contributed by atoms with Gasteiger partial charge in [0.1, 0.15) is 16.5 Å². The summed E-state index contributed by atoms with van der Waals surface area (Å²) in [5.74, 6) is 0.342. The van der Waals surface area contributed by atoms with Crippen LogP contribution in [0.25, 0.3) is 0 Å². The van der Waals surface area contributed by atoms with Gasteiger partial charge in [-0.05, 0) is 0 Å². The van der Waals surface area contributed by atoms with Gasteiger partial charge in [0.05, 0.1) is 18.8 Å². The summed E-state index contributed by atoms with van der Waals surface area (Å²) in [7, 11) is 1.51. The molecule has 1 aromatic rings. The molecule has 1 heterocycles. The standard InChI is InChI=1S/C9H11F3N4S/c1-16(3-2-9(10,11)12)7-5-14-6(4-15-7)8(13)17/h4-5H,2-3H2,1H3,(H2,13,17). The molecule has 0 amide bonds. The van der Waals surface area contributed by atoms with Gasteiger partial charge in [0.15, 0.2) is 0 Å². The molecule has 0 aliphatic rings. The lowest BCUT2D eigenvalue weighted by Gasteiger charge is -2.18. The number of anilines is 1. The number of halogens is 3. The molecular formula is C9H11F3N4S. The Hall–Kier alpha value is -1.44. The van der Waals surface area contributed by atoms with Crippen LogP contribution in [0, 0.1) is 0 Å². The highest BCUT2D eigenvalue weighted by atomic mass is 32.1. The Kier molecular flexibility index (Phi) is 4.22. The van der Waals surface area contributed by atoms with Gasteiger partial charge in [0.2, 0.25) is 0 Å². The lowest BCUT2D eigenvalue weighted by atomic mass is 10.4. The molecule has 1 aromatic heterocycles. The van der Waals surface area contributed by atoms with E-state index in [-0.39, 0.29) is 11.5 Å². The Morgan fingerprint density at radius 1 is 1.41 bits per heavy atom. The van der Waals surface area contributed by atoms with Crippen LogP contribution in [0.2, 0.25) is 0 Å². The predicted molar refractivity (Wildman–Crippen MR) is 61.9 cm³/mol. The molecule has 17 heavy (non-hydrogen) atoms. The summed E-state index contributed by atoms with van der Waals surface area (Å²) < 4.78 is 36.0. The molecule has 0 spiro atoms. The smallest absolute Gasteiger partial charge is 0.388 e. The Bertz CT molecular complexity index is 390. The molecule has 0 saturated heterocycles. The maximum atomic E-state index is 12.0. The fourth-order valence-electron chi connectivity index (χ4n) is 1.05. The maximum Gasteiger partial charge on any atom is 0.390 e. The van der Waals surface area contributed by atoms with E-state index >= 15 is 0 Å². The van der Waals surface area contributed by atoms with Gasteiger partial charge in [-0.15, -0.1) is 0 Å². The molecule has 0 fully saturated rings. The second kappa shape index (κ2) is 5.26. The van der Waals surface area contributed by atoms with E-state index in [4.69, 9.17) is 5.73 Å². The van der Waals surface area contributed by atoms with Crippen molar-refractivity contribution in [2.45, 2.75) is 12.6 Å². The van der Waals surface area contributed by atoms with Gasteiger partial charge in [-0.25, -0.2) is 9.97 Å². The average Bonchev–Trinajstić information content (AvgIpc) is 2.25. The zero-order valence-corrected chi connectivity index (χ0v) is 9.85. The van der Waals surface area contributed by atoms with E-state index in [0.29, 0.717) is 11.5 Å². The molecule has 1 rings (SSSR count). The lowest BCUT2D eigenvalue weighted by molar-refractivity contribution is -0.132. The van der Waals surface area contributed by atoms with Crippen LogP contribution in [0.15, 0.2) is 12.4 Å². The fourth-order valence-corrected chi connectivity index (χ4v) is 1.16. The molecular weight excluding hydrogens is 253 g/mol. The van der Waals surface area contributed by atoms with E-state index in [1.807, 2.05) is 0 Å². The maximum absolute atomic E-state index is 12.0. The molecule has 4 nitrogen and oxygen atoms in total. The van der Waals surface area contributed by atoms with Crippen LogP contribution in [0.3, 0.4) is 0 Å². The summed E-state index contributed by atoms with van der Waals surface area (Å²) in [5.41, 5.74) is 5.66. The minimum absolute atomic E-state index is 0.0991. The van der Waals surface area contributed by atoms with Crippen LogP contribution in [-0.4, -0.2) is 34.7 Å². The number of hydrogen-bond acceptors (Lipinski definition) is 4. The number of aromatic nitrogens is 2. The van der Waals surface area contributed by atoms with Gasteiger partial charge in [-0.2, -0.15) is 13.2 Å². The molecule has 2 N–H and O–H groups in total. The van der Waals surface area contributed by atoms with E-state index in [1.54, 1.807) is 0 Å². The molecule has 0 saturated carbocycles. The predicted octanol–water partition coefficient (Wildman–Crippen LogP) is 1.50. The minimum atomic E-state index is -4.18. The third-order valence-corrected chi connectivity index (χ3v) is 2.22. The number of rotatable bonds is 4. The topological polar surface area (TPSA) is 55.0 Å². The molecule has 94 valence electrons. The molecule has 0 atom stereocenters. The molecule has 8 heteroatoms. The third kappa shape index (κ3) is 4.51. The number of nitrogens with two attached hydrogens (primary N) is 1. The van der Waals surface area contributed by atoms with Gasteiger partial charge in [-0.1, -0.05) is 12.2 Å². The monoisotopic (exact) mass is 264 g/mol. The first kappa shape index (κ1) is 13.6. The largest absolute Gasteiger partial charge is 0.390 e. The Balaban J connectivity index is 2.63. The van der Waals surface area contributed by atoms with Gasteiger partial charge in [-0.3, -0.25) is 0 Å². The van der Waals surface area contributed by atoms with Crippen molar-refractivity contribution in [2.75, 3.05) is 18.5 Å². The minimum Gasteiger partial charge on any atom is -0.388 e. The molecule has 0 aliphatic carbocycles. The van der Waals surface area contributed by atoms with Crippen molar-refractivity contribution in [3.63, 3.8) is 0 Å². The fraction of sp³-hybridized carbons (Fsp3) is 0.444. The first-order valence-electron chi connectivity index (χ1n) is 4.69. The third-order valence-electron chi connectivity index (χ3n) is 2.01. The van der Waals surface area contributed by atoms with E-state index in [0.717, 1.165) is 0 Å². The van der Waals surface area contributed by atoms with E-state index < -0.39 is 12.6 Å². The second-order valence-electron chi connectivity index (χ2n) is 3.41. The molecule has 0 bridgehead atoms. The zero-order valence-electron chi connectivity index (χ0n) is 9.03. The van der Waals surface area contributed by atoms with E-state index in [9.17, 15) is 13.2 Å². The molecule has 0 aliphatic heterocycles. The summed E-state index contributed by atoms with van der Waals surface area (Å²) in [6.45, 7) is -0.176. The van der Waals surface area contributed by atoms with Crippen molar-refractivity contribution >= 4 is 23.0 Å². The molecule has 0 radical (unpaired) electrons. The molecule has 0 aromatic carbocycles. The van der Waals surface area contributed by atoms with Crippen LogP contribution in [-0.2, 0) is 0 Å². The summed E-state index contributed by atoms with van der Waals surface area (Å²) >= 11 is 4.68. The lowest BCUT2D eigenvalue weighted by Crippen LogP contribution is -2.25. The summed E-state index contributed by atoms with van der Waals surface area (Å²) in [4.78, 5) is 9.29. The average molecular weight is 264 g/mol. The van der Waals surface area contributed by atoms with Crippen molar-refractivity contribution in [3.05, 3.63) is 18.1 Å².